The topological polar surface area (TPSA) is 42.0 Å². The van der Waals surface area contributed by atoms with Crippen LogP contribution in [0.1, 0.15) is 33.1 Å². The molecule has 1 amide bonds. The van der Waals surface area contributed by atoms with E-state index in [0.29, 0.717) is 18.9 Å². The van der Waals surface area contributed by atoms with E-state index in [1.165, 1.54) is 0 Å². The normalized spacial score (nSPS) is 10.4. The van der Waals surface area contributed by atoms with Crippen LogP contribution in [-0.4, -0.2) is 10.9 Å². The van der Waals surface area contributed by atoms with Gasteiger partial charge in [-0.3, -0.25) is 9.78 Å². The minimum atomic E-state index is 0. The van der Waals surface area contributed by atoms with Gasteiger partial charge in [0.1, 0.15) is 0 Å². The summed E-state index contributed by atoms with van der Waals surface area (Å²) in [6.45, 7) is 6.53. The highest BCUT2D eigenvalue weighted by Crippen LogP contribution is 2.00. The zero-order valence-electron chi connectivity index (χ0n) is 9.58. The van der Waals surface area contributed by atoms with Crippen LogP contribution in [0.15, 0.2) is 18.2 Å². The van der Waals surface area contributed by atoms with E-state index in [4.69, 9.17) is 0 Å². The van der Waals surface area contributed by atoms with Gasteiger partial charge in [0.05, 0.1) is 12.2 Å². The van der Waals surface area contributed by atoms with Gasteiger partial charge in [-0.05, 0) is 25.0 Å². The van der Waals surface area contributed by atoms with E-state index >= 15 is 0 Å². The van der Waals surface area contributed by atoms with Crippen LogP contribution in [0, 0.1) is 12.8 Å². The number of carbonyl (C=O) groups is 1. The van der Waals surface area contributed by atoms with E-state index in [9.17, 15) is 4.79 Å². The number of aromatic nitrogens is 1. The largest absolute Gasteiger partial charge is 0.350 e. The molecule has 3 heteroatoms. The number of hydrogen-bond acceptors (Lipinski definition) is 2. The van der Waals surface area contributed by atoms with Crippen LogP contribution in [0.3, 0.4) is 0 Å². The van der Waals surface area contributed by atoms with Crippen molar-refractivity contribution in [3.63, 3.8) is 0 Å². The highest BCUT2D eigenvalue weighted by atomic mass is 16.1. The van der Waals surface area contributed by atoms with Crippen LogP contribution in [0.2, 0.25) is 0 Å². The summed E-state index contributed by atoms with van der Waals surface area (Å²) in [5.74, 6) is 0.490. The molecule has 0 atom stereocenters. The first-order valence-corrected chi connectivity index (χ1v) is 5.27. The molecule has 0 fully saturated rings. The fourth-order valence-corrected chi connectivity index (χ4v) is 1.33. The van der Waals surface area contributed by atoms with E-state index in [0.717, 1.165) is 11.4 Å². The second kappa shape index (κ2) is 5.49. The van der Waals surface area contributed by atoms with Crippen LogP contribution < -0.4 is 5.32 Å². The Balaban J connectivity index is 0.00000225. The number of rotatable bonds is 4. The lowest BCUT2D eigenvalue weighted by molar-refractivity contribution is -0.121. The molecule has 1 aromatic rings. The van der Waals surface area contributed by atoms with Gasteiger partial charge in [-0.15, -0.1) is 0 Å². The molecule has 0 saturated heterocycles. The van der Waals surface area contributed by atoms with E-state index in [1.807, 2.05) is 39.0 Å². The number of hydrogen-bond donors (Lipinski definition) is 1. The van der Waals surface area contributed by atoms with Gasteiger partial charge >= 0.3 is 0 Å². The van der Waals surface area contributed by atoms with Gasteiger partial charge in [-0.2, -0.15) is 0 Å². The first-order valence-electron chi connectivity index (χ1n) is 5.27. The lowest BCUT2D eigenvalue weighted by Crippen LogP contribution is -2.24. The number of nitrogens with zero attached hydrogens (tertiary/aromatic N) is 1. The van der Waals surface area contributed by atoms with Crippen molar-refractivity contribution in [2.24, 2.45) is 5.92 Å². The first-order chi connectivity index (χ1) is 7.08. The summed E-state index contributed by atoms with van der Waals surface area (Å²) in [7, 11) is 0. The molecular weight excluding hydrogens is 188 g/mol. The van der Waals surface area contributed by atoms with Crippen molar-refractivity contribution in [3.8, 4) is 0 Å². The minimum absolute atomic E-state index is 0. The summed E-state index contributed by atoms with van der Waals surface area (Å²) in [6.07, 6.45) is 0.575. The summed E-state index contributed by atoms with van der Waals surface area (Å²) in [4.78, 5) is 15.7. The monoisotopic (exact) mass is 208 g/mol. The first kappa shape index (κ1) is 11.7. The fourth-order valence-electron chi connectivity index (χ4n) is 1.33. The molecule has 0 aliphatic carbocycles. The third-order valence-corrected chi connectivity index (χ3v) is 2.01. The molecule has 1 heterocycles. The maximum Gasteiger partial charge on any atom is 0.220 e. The van der Waals surface area contributed by atoms with E-state index in [1.54, 1.807) is 0 Å². The van der Waals surface area contributed by atoms with Gasteiger partial charge in [0.25, 0.3) is 0 Å². The molecule has 0 bridgehead atoms. The van der Waals surface area contributed by atoms with Crippen molar-refractivity contribution in [3.05, 3.63) is 29.6 Å². The lowest BCUT2D eigenvalue weighted by Gasteiger charge is -2.06. The van der Waals surface area contributed by atoms with Gasteiger partial charge < -0.3 is 5.32 Å². The average molecular weight is 208 g/mol. The van der Waals surface area contributed by atoms with Gasteiger partial charge in [-0.25, -0.2) is 0 Å². The zero-order valence-corrected chi connectivity index (χ0v) is 9.58. The summed E-state index contributed by atoms with van der Waals surface area (Å²) >= 11 is 0. The van der Waals surface area contributed by atoms with Gasteiger partial charge in [0, 0.05) is 13.5 Å². The maximum atomic E-state index is 11.4. The van der Waals surface area contributed by atoms with Crippen LogP contribution in [0.4, 0.5) is 0 Å². The third kappa shape index (κ3) is 4.58. The molecule has 84 valence electrons. The number of amides is 1. The average Bonchev–Trinajstić information content (AvgIpc) is 2.14. The molecule has 0 unspecified atom stereocenters. The SMILES string of the molecule is Cc1cccc(CNC(=O)CC(C)C)n1.[HH]. The molecule has 1 rings (SSSR count). The van der Waals surface area contributed by atoms with Crippen LogP contribution >= 0.6 is 0 Å². The molecule has 0 aliphatic heterocycles. The Hall–Kier alpha value is -1.38. The predicted octanol–water partition coefficient (Wildman–Crippen LogP) is 2.30. The van der Waals surface area contributed by atoms with Crippen LogP contribution in [0.5, 0.6) is 0 Å². The van der Waals surface area contributed by atoms with Crippen molar-refractivity contribution >= 4 is 5.91 Å². The highest BCUT2D eigenvalue weighted by molar-refractivity contribution is 5.75. The minimum Gasteiger partial charge on any atom is -0.350 e. The van der Waals surface area contributed by atoms with E-state index in [-0.39, 0.29) is 7.33 Å². The highest BCUT2D eigenvalue weighted by Gasteiger charge is 2.04. The molecule has 0 spiro atoms. The fraction of sp³-hybridized carbons (Fsp3) is 0.500. The second-order valence-electron chi connectivity index (χ2n) is 4.15. The number of nitrogens with one attached hydrogen (secondary N) is 1. The summed E-state index contributed by atoms with van der Waals surface area (Å²) in [5.41, 5.74) is 1.89. The Kier molecular flexibility index (Phi) is 4.28. The molecule has 0 aromatic carbocycles. The third-order valence-electron chi connectivity index (χ3n) is 2.01. The predicted molar refractivity (Wildman–Crippen MR) is 62.4 cm³/mol. The molecule has 0 saturated carbocycles. The number of carbonyl (C=O) groups excluding carboxylic acids is 1. The molecular formula is C12H20N2O. The Morgan fingerprint density at radius 1 is 1.53 bits per heavy atom. The standard InChI is InChI=1S/C12H18N2O.H2/c1-9(2)7-12(15)13-8-11-6-4-5-10(3)14-11;/h4-6,9H,7-8H2,1-3H3,(H,13,15);1H. The summed E-state index contributed by atoms with van der Waals surface area (Å²) in [5, 5.41) is 2.86. The lowest BCUT2D eigenvalue weighted by atomic mass is 10.1. The number of pyridine rings is 1. The zero-order chi connectivity index (χ0) is 11.3. The Bertz CT molecular complexity index is 340. The van der Waals surface area contributed by atoms with E-state index < -0.39 is 0 Å². The van der Waals surface area contributed by atoms with Crippen LogP contribution in [0.25, 0.3) is 0 Å². The Morgan fingerprint density at radius 2 is 2.27 bits per heavy atom. The Labute approximate surface area is 92.4 Å². The quantitative estimate of drug-likeness (QED) is 0.825. The van der Waals surface area contributed by atoms with Crippen molar-refractivity contribution < 1.29 is 6.22 Å². The van der Waals surface area contributed by atoms with Crippen molar-refractivity contribution in [2.45, 2.75) is 33.7 Å². The maximum absolute atomic E-state index is 11.4. The van der Waals surface area contributed by atoms with Gasteiger partial charge in [0.15, 0.2) is 0 Å². The molecule has 0 radical (unpaired) electrons. The molecule has 15 heavy (non-hydrogen) atoms. The summed E-state index contributed by atoms with van der Waals surface area (Å²) < 4.78 is 0. The second-order valence-corrected chi connectivity index (χ2v) is 4.15. The van der Waals surface area contributed by atoms with Crippen molar-refractivity contribution in [2.75, 3.05) is 0 Å². The summed E-state index contributed by atoms with van der Waals surface area (Å²) in [6, 6.07) is 5.81. The van der Waals surface area contributed by atoms with Crippen molar-refractivity contribution in [1.29, 1.82) is 0 Å². The smallest absolute Gasteiger partial charge is 0.220 e. The molecule has 1 aromatic heterocycles. The van der Waals surface area contributed by atoms with Gasteiger partial charge in [0.2, 0.25) is 5.91 Å². The van der Waals surface area contributed by atoms with Crippen molar-refractivity contribution in [1.82, 2.24) is 10.3 Å². The number of aryl methyl sites for hydroxylation is 1. The molecule has 0 aliphatic rings. The van der Waals surface area contributed by atoms with E-state index in [2.05, 4.69) is 10.3 Å². The van der Waals surface area contributed by atoms with Gasteiger partial charge in [-0.1, -0.05) is 19.9 Å². The Morgan fingerprint density at radius 3 is 2.87 bits per heavy atom. The molecule has 3 nitrogen and oxygen atoms in total. The molecule has 1 N–H and O–H groups in total. The van der Waals surface area contributed by atoms with Crippen LogP contribution in [-0.2, 0) is 11.3 Å².